The molecule has 0 bridgehead atoms. The molecule has 0 aliphatic carbocycles. The molecule has 1 aromatic carbocycles. The highest BCUT2D eigenvalue weighted by Gasteiger charge is 2.26. The van der Waals surface area contributed by atoms with Crippen LogP contribution in [0.3, 0.4) is 0 Å². The van der Waals surface area contributed by atoms with Gasteiger partial charge in [0.15, 0.2) is 0 Å². The van der Waals surface area contributed by atoms with E-state index < -0.39 is 16.0 Å². The van der Waals surface area contributed by atoms with E-state index in [0.29, 0.717) is 11.3 Å². The van der Waals surface area contributed by atoms with E-state index in [0.717, 1.165) is 17.8 Å². The van der Waals surface area contributed by atoms with Crippen molar-refractivity contribution in [3.05, 3.63) is 23.8 Å². The Bertz CT molecular complexity index is 648. The zero-order valence-electron chi connectivity index (χ0n) is 11.0. The summed E-state index contributed by atoms with van der Waals surface area (Å²) in [7, 11) is -4.27. The van der Waals surface area contributed by atoms with Crippen LogP contribution in [0.4, 0.5) is 0 Å². The summed E-state index contributed by atoms with van der Waals surface area (Å²) < 4.78 is 31.7. The number of sulfonamides is 1. The van der Waals surface area contributed by atoms with Crippen molar-refractivity contribution in [3.63, 3.8) is 0 Å². The van der Waals surface area contributed by atoms with Gasteiger partial charge in [0.25, 0.3) is 16.1 Å². The fourth-order valence-electron chi connectivity index (χ4n) is 1.47. The number of carbonyl (C=O) groups excluding carboxylic acids is 2. The summed E-state index contributed by atoms with van der Waals surface area (Å²) in [6, 6.07) is 4.39. The maximum absolute atomic E-state index is 12.0. The van der Waals surface area contributed by atoms with Crippen molar-refractivity contribution in [1.82, 2.24) is 0 Å². The van der Waals surface area contributed by atoms with E-state index in [1.165, 1.54) is 18.2 Å². The minimum atomic E-state index is -4.27. The van der Waals surface area contributed by atoms with Gasteiger partial charge in [0.2, 0.25) is 0 Å². The fraction of sp³-hybridized carbons (Fsp3) is 0.333. The fourth-order valence-corrected chi connectivity index (χ4v) is 3.49. The Morgan fingerprint density at radius 1 is 1.45 bits per heavy atom. The van der Waals surface area contributed by atoms with E-state index >= 15 is 0 Å². The van der Waals surface area contributed by atoms with Crippen LogP contribution in [-0.4, -0.2) is 33.3 Å². The minimum Gasteiger partial charge on any atom is -0.462 e. The molecule has 0 atom stereocenters. The van der Waals surface area contributed by atoms with Gasteiger partial charge >= 0.3 is 5.97 Å². The van der Waals surface area contributed by atoms with Crippen LogP contribution in [0.1, 0.15) is 23.7 Å². The predicted octanol–water partition coefficient (Wildman–Crippen LogP) is 2.00. The Morgan fingerprint density at radius 2 is 2.15 bits per heavy atom. The summed E-state index contributed by atoms with van der Waals surface area (Å²) in [6.45, 7) is 2.00. The first-order valence-corrected chi connectivity index (χ1v) is 8.32. The Labute approximate surface area is 121 Å². The van der Waals surface area contributed by atoms with E-state index in [9.17, 15) is 18.0 Å². The topological polar surface area (TPSA) is 89.9 Å². The Morgan fingerprint density at radius 3 is 2.70 bits per heavy atom. The van der Waals surface area contributed by atoms with Crippen LogP contribution in [0.25, 0.3) is 0 Å². The molecule has 0 aliphatic rings. The summed E-state index contributed by atoms with van der Waals surface area (Å²) in [4.78, 5) is 22.2. The molecule has 0 aliphatic heterocycles. The quantitative estimate of drug-likeness (QED) is 0.345. The summed E-state index contributed by atoms with van der Waals surface area (Å²) in [5, 5.41) is 0. The van der Waals surface area contributed by atoms with Crippen LogP contribution in [0, 0.1) is 0 Å². The molecule has 6 nitrogen and oxygen atoms in total. The van der Waals surface area contributed by atoms with Gasteiger partial charge in [-0.05, 0) is 24.8 Å². The summed E-state index contributed by atoms with van der Waals surface area (Å²) >= 11 is 1.13. The molecular weight excluding hydrogens is 302 g/mol. The van der Waals surface area contributed by atoms with Crippen LogP contribution in [0.15, 0.2) is 32.4 Å². The van der Waals surface area contributed by atoms with E-state index in [1.807, 2.05) is 6.92 Å². The molecule has 108 valence electrons. The average Bonchev–Trinajstić information content (AvgIpc) is 2.43. The van der Waals surface area contributed by atoms with Crippen LogP contribution in [-0.2, 0) is 19.6 Å². The molecule has 0 fully saturated rings. The number of benzene rings is 1. The Kier molecular flexibility index (Phi) is 5.94. The van der Waals surface area contributed by atoms with Crippen LogP contribution in [0.5, 0.6) is 0 Å². The van der Waals surface area contributed by atoms with Crippen molar-refractivity contribution in [2.75, 3.05) is 12.9 Å². The molecular formula is C12H13NO5S2. The number of hydrogen-bond donors (Lipinski definition) is 0. The third-order valence-electron chi connectivity index (χ3n) is 2.27. The van der Waals surface area contributed by atoms with Gasteiger partial charge in [0.1, 0.15) is 4.90 Å². The molecule has 0 aromatic heterocycles. The van der Waals surface area contributed by atoms with Gasteiger partial charge in [-0.1, -0.05) is 17.4 Å². The van der Waals surface area contributed by atoms with E-state index in [-0.39, 0.29) is 17.1 Å². The monoisotopic (exact) mass is 315 g/mol. The molecule has 0 saturated carbocycles. The highest BCUT2D eigenvalue weighted by Crippen LogP contribution is 2.29. The summed E-state index contributed by atoms with van der Waals surface area (Å²) in [5.74, 6) is -0.762. The molecule has 0 saturated heterocycles. The van der Waals surface area contributed by atoms with Gasteiger partial charge in [-0.25, -0.2) is 9.59 Å². The number of ether oxygens (including phenoxy) is 1. The lowest BCUT2D eigenvalue weighted by atomic mass is 10.2. The van der Waals surface area contributed by atoms with Gasteiger partial charge in [-0.2, -0.15) is 8.42 Å². The zero-order chi connectivity index (χ0) is 15.2. The van der Waals surface area contributed by atoms with E-state index in [1.54, 1.807) is 6.26 Å². The largest absolute Gasteiger partial charge is 0.462 e. The van der Waals surface area contributed by atoms with E-state index in [2.05, 4.69) is 4.40 Å². The maximum atomic E-state index is 12.0. The standard InChI is InChI=1S/C12H13NO5S2/c1-3-7-18-12(15)9-5-4-6-10(19-2)11(9)20(16,17)13-8-14/h4-6H,3,7H2,1-2H3. The number of esters is 1. The highest BCUT2D eigenvalue weighted by atomic mass is 32.2. The predicted molar refractivity (Wildman–Crippen MR) is 74.1 cm³/mol. The number of nitrogens with zero attached hydrogens (tertiary/aromatic N) is 1. The van der Waals surface area contributed by atoms with Crippen LogP contribution >= 0.6 is 11.8 Å². The Hall–Kier alpha value is -1.63. The molecule has 0 radical (unpaired) electrons. The lowest BCUT2D eigenvalue weighted by molar-refractivity contribution is 0.0500. The van der Waals surface area contributed by atoms with Crippen LogP contribution in [0.2, 0.25) is 0 Å². The molecule has 1 aromatic rings. The van der Waals surface area contributed by atoms with Crippen molar-refractivity contribution >= 4 is 33.8 Å². The summed E-state index contributed by atoms with van der Waals surface area (Å²) in [6.07, 6.45) is 3.26. The number of isocyanates is 1. The van der Waals surface area contributed by atoms with Gasteiger partial charge in [-0.3, -0.25) is 0 Å². The summed E-state index contributed by atoms with van der Waals surface area (Å²) in [5.41, 5.74) is -0.135. The van der Waals surface area contributed by atoms with Crippen molar-refractivity contribution in [1.29, 1.82) is 0 Å². The minimum absolute atomic E-state index is 0.135. The lowest BCUT2D eigenvalue weighted by Gasteiger charge is -2.10. The number of carbonyl (C=O) groups is 1. The van der Waals surface area contributed by atoms with Crippen molar-refractivity contribution < 1.29 is 22.7 Å². The third-order valence-corrected chi connectivity index (χ3v) is 4.45. The van der Waals surface area contributed by atoms with Gasteiger partial charge in [0, 0.05) is 4.90 Å². The smallest absolute Gasteiger partial charge is 0.339 e. The molecule has 0 amide bonds. The first-order valence-electron chi connectivity index (χ1n) is 5.66. The SMILES string of the molecule is CCCOC(=O)c1cccc(SC)c1S(=O)(=O)N=C=O. The molecule has 20 heavy (non-hydrogen) atoms. The second-order valence-electron chi connectivity index (χ2n) is 3.63. The first-order chi connectivity index (χ1) is 9.47. The molecule has 1 rings (SSSR count). The molecule has 0 heterocycles. The van der Waals surface area contributed by atoms with Crippen molar-refractivity contribution in [2.24, 2.45) is 4.40 Å². The second-order valence-corrected chi connectivity index (χ2v) is 6.02. The van der Waals surface area contributed by atoms with E-state index in [4.69, 9.17) is 4.74 Å². The van der Waals surface area contributed by atoms with Gasteiger partial charge < -0.3 is 4.74 Å². The highest BCUT2D eigenvalue weighted by molar-refractivity contribution is 7.99. The van der Waals surface area contributed by atoms with Crippen molar-refractivity contribution in [2.45, 2.75) is 23.1 Å². The number of rotatable bonds is 6. The average molecular weight is 315 g/mol. The van der Waals surface area contributed by atoms with Crippen LogP contribution < -0.4 is 0 Å². The number of thioether (sulfide) groups is 1. The number of hydrogen-bond acceptors (Lipinski definition) is 6. The normalized spacial score (nSPS) is 10.7. The van der Waals surface area contributed by atoms with Gasteiger partial charge in [0.05, 0.1) is 12.2 Å². The second kappa shape index (κ2) is 7.23. The van der Waals surface area contributed by atoms with Gasteiger partial charge in [-0.15, -0.1) is 11.8 Å². The Balaban J connectivity index is 3.46. The third kappa shape index (κ3) is 3.69. The molecule has 0 N–H and O–H groups in total. The van der Waals surface area contributed by atoms with Crippen molar-refractivity contribution in [3.8, 4) is 0 Å². The molecule has 8 heteroatoms. The maximum Gasteiger partial charge on any atom is 0.339 e. The zero-order valence-corrected chi connectivity index (χ0v) is 12.6. The lowest BCUT2D eigenvalue weighted by Crippen LogP contribution is -2.12. The first kappa shape index (κ1) is 16.4. The molecule has 0 spiro atoms. The molecule has 0 unspecified atom stereocenters.